The minimum atomic E-state index is -0.503. The molecule has 4 heteroatoms. The van der Waals surface area contributed by atoms with Crippen LogP contribution in [0.3, 0.4) is 0 Å². The summed E-state index contributed by atoms with van der Waals surface area (Å²) in [5.41, 5.74) is 0.858. The topological polar surface area (TPSA) is 20.3 Å². The molecule has 0 radical (unpaired) electrons. The molecule has 0 aromatic heterocycles. The molecule has 2 aromatic carbocycles. The average Bonchev–Trinajstić information content (AvgIpc) is 2.46. The smallest absolute Gasteiger partial charge is 0.265 e. The van der Waals surface area contributed by atoms with Crippen molar-refractivity contribution < 1.29 is 9.18 Å². The number of amides is 1. The molecule has 0 atom stereocenters. The quantitative estimate of drug-likeness (QED) is 0.780. The van der Waals surface area contributed by atoms with Crippen molar-refractivity contribution in [2.24, 2.45) is 0 Å². The zero-order valence-corrected chi connectivity index (χ0v) is 10.7. The number of carbonyl (C=O) groups excluding carboxylic acids is 1. The maximum absolute atomic E-state index is 13.7. The molecular formula is C15H10FNOS. The molecule has 1 aliphatic heterocycles. The van der Waals surface area contributed by atoms with Crippen LogP contribution < -0.4 is 4.90 Å². The van der Waals surface area contributed by atoms with Gasteiger partial charge >= 0.3 is 0 Å². The number of halogens is 1. The second-order valence-electron chi connectivity index (χ2n) is 4.03. The predicted octanol–water partition coefficient (Wildman–Crippen LogP) is 4.05. The third-order valence-corrected chi connectivity index (χ3v) is 3.71. The normalized spacial score (nSPS) is 13.2. The van der Waals surface area contributed by atoms with E-state index in [0.717, 1.165) is 10.6 Å². The Morgan fingerprint density at radius 3 is 2.63 bits per heavy atom. The van der Waals surface area contributed by atoms with Crippen LogP contribution in [-0.2, 0) is 0 Å². The van der Waals surface area contributed by atoms with E-state index in [1.807, 2.05) is 29.7 Å². The Labute approximate surface area is 114 Å². The van der Waals surface area contributed by atoms with Crippen molar-refractivity contribution in [1.29, 1.82) is 0 Å². The van der Waals surface area contributed by atoms with Crippen molar-refractivity contribution in [2.75, 3.05) is 4.90 Å². The van der Waals surface area contributed by atoms with E-state index in [2.05, 4.69) is 0 Å². The number of carbonyl (C=O) groups is 1. The fourth-order valence-corrected chi connectivity index (χ4v) is 2.72. The van der Waals surface area contributed by atoms with Gasteiger partial charge in [0.15, 0.2) is 0 Å². The molecule has 0 bridgehead atoms. The minimum Gasteiger partial charge on any atom is -0.282 e. The Morgan fingerprint density at radius 1 is 1.05 bits per heavy atom. The number of hydrogen-bond acceptors (Lipinski definition) is 2. The first-order valence-electron chi connectivity index (χ1n) is 5.78. The highest BCUT2D eigenvalue weighted by Crippen LogP contribution is 2.35. The number of rotatable bonds is 1. The van der Waals surface area contributed by atoms with E-state index in [1.165, 1.54) is 17.0 Å². The second-order valence-corrected chi connectivity index (χ2v) is 4.97. The number of para-hydroxylation sites is 1. The highest BCUT2D eigenvalue weighted by molar-refractivity contribution is 8.02. The van der Waals surface area contributed by atoms with E-state index in [9.17, 15) is 9.18 Å². The molecule has 0 fully saturated rings. The maximum atomic E-state index is 13.7. The van der Waals surface area contributed by atoms with E-state index in [4.69, 9.17) is 0 Å². The van der Waals surface area contributed by atoms with E-state index in [1.54, 1.807) is 30.1 Å². The maximum Gasteiger partial charge on any atom is 0.265 e. The zero-order valence-electron chi connectivity index (χ0n) is 9.92. The molecule has 0 aliphatic carbocycles. The minimum absolute atomic E-state index is 0.0776. The molecule has 2 aromatic rings. The lowest BCUT2D eigenvalue weighted by Gasteiger charge is -2.24. The van der Waals surface area contributed by atoms with Gasteiger partial charge in [0.2, 0.25) is 0 Å². The number of fused-ring (bicyclic) bond motifs is 1. The molecule has 0 saturated carbocycles. The zero-order chi connectivity index (χ0) is 13.2. The molecule has 0 N–H and O–H groups in total. The van der Waals surface area contributed by atoms with Gasteiger partial charge in [0.1, 0.15) is 5.82 Å². The van der Waals surface area contributed by atoms with Crippen molar-refractivity contribution in [1.82, 2.24) is 0 Å². The highest BCUT2D eigenvalue weighted by Gasteiger charge is 2.22. The number of thioether (sulfide) groups is 1. The second kappa shape index (κ2) is 4.90. The summed E-state index contributed by atoms with van der Waals surface area (Å²) in [6.45, 7) is 0. The summed E-state index contributed by atoms with van der Waals surface area (Å²) in [5, 5.41) is 1.82. The number of benzene rings is 2. The summed E-state index contributed by atoms with van der Waals surface area (Å²) in [6, 6.07) is 13.6. The Bertz CT molecular complexity index is 669. The van der Waals surface area contributed by atoms with Gasteiger partial charge in [-0.25, -0.2) is 4.39 Å². The van der Waals surface area contributed by atoms with Crippen LogP contribution in [0.5, 0.6) is 0 Å². The first-order valence-corrected chi connectivity index (χ1v) is 6.66. The molecule has 0 saturated heterocycles. The fourth-order valence-electron chi connectivity index (χ4n) is 1.94. The van der Waals surface area contributed by atoms with Gasteiger partial charge in [-0.1, -0.05) is 36.0 Å². The van der Waals surface area contributed by atoms with Gasteiger partial charge in [-0.15, -0.1) is 0 Å². The van der Waals surface area contributed by atoms with Gasteiger partial charge in [-0.3, -0.25) is 9.69 Å². The van der Waals surface area contributed by atoms with Crippen LogP contribution >= 0.6 is 11.8 Å². The number of nitrogens with zero attached hydrogens (tertiary/aromatic N) is 1. The Morgan fingerprint density at radius 2 is 1.79 bits per heavy atom. The van der Waals surface area contributed by atoms with Gasteiger partial charge in [-0.2, -0.15) is 0 Å². The molecule has 19 heavy (non-hydrogen) atoms. The molecule has 2 nitrogen and oxygen atoms in total. The van der Waals surface area contributed by atoms with Crippen LogP contribution in [-0.4, -0.2) is 5.91 Å². The van der Waals surface area contributed by atoms with Crippen LogP contribution in [0.1, 0.15) is 10.4 Å². The van der Waals surface area contributed by atoms with Crippen LogP contribution in [0.15, 0.2) is 65.0 Å². The largest absolute Gasteiger partial charge is 0.282 e. The molecule has 1 amide bonds. The first-order chi connectivity index (χ1) is 9.27. The fraction of sp³-hybridized carbons (Fsp3) is 0. The summed E-state index contributed by atoms with van der Waals surface area (Å²) >= 11 is 1.54. The lowest BCUT2D eigenvalue weighted by atomic mass is 10.1. The Kier molecular flexibility index (Phi) is 3.09. The first kappa shape index (κ1) is 12.0. The van der Waals surface area contributed by atoms with Crippen LogP contribution in [0.2, 0.25) is 0 Å². The van der Waals surface area contributed by atoms with Crippen molar-refractivity contribution in [3.63, 3.8) is 0 Å². The molecule has 1 heterocycles. The summed E-state index contributed by atoms with van der Waals surface area (Å²) in [4.78, 5) is 14.9. The molecular weight excluding hydrogens is 261 g/mol. The van der Waals surface area contributed by atoms with Gasteiger partial charge in [0.05, 0.1) is 11.3 Å². The summed E-state index contributed by atoms with van der Waals surface area (Å²) in [6.07, 6.45) is 1.67. The summed E-state index contributed by atoms with van der Waals surface area (Å²) in [5.74, 6) is -0.862. The predicted molar refractivity (Wildman–Crippen MR) is 74.6 cm³/mol. The van der Waals surface area contributed by atoms with Crippen molar-refractivity contribution in [3.8, 4) is 0 Å². The molecule has 0 unspecified atom stereocenters. The van der Waals surface area contributed by atoms with Crippen LogP contribution in [0.25, 0.3) is 0 Å². The number of anilines is 1. The van der Waals surface area contributed by atoms with Crippen molar-refractivity contribution >= 4 is 23.4 Å². The summed E-state index contributed by atoms with van der Waals surface area (Å²) in [7, 11) is 0. The Hall–Kier alpha value is -2.07. The Balaban J connectivity index is 2.03. The molecule has 1 aliphatic rings. The van der Waals surface area contributed by atoms with Crippen molar-refractivity contribution in [2.45, 2.75) is 4.90 Å². The van der Waals surface area contributed by atoms with Gasteiger partial charge in [0, 0.05) is 11.1 Å². The lowest BCUT2D eigenvalue weighted by Crippen LogP contribution is -2.27. The summed E-state index contributed by atoms with van der Waals surface area (Å²) < 4.78 is 13.7. The monoisotopic (exact) mass is 271 g/mol. The third kappa shape index (κ3) is 2.15. The lowest BCUT2D eigenvalue weighted by molar-refractivity contribution is 0.0993. The highest BCUT2D eigenvalue weighted by atomic mass is 32.2. The van der Waals surface area contributed by atoms with E-state index in [-0.39, 0.29) is 11.5 Å². The van der Waals surface area contributed by atoms with Crippen LogP contribution in [0.4, 0.5) is 10.1 Å². The van der Waals surface area contributed by atoms with Gasteiger partial charge < -0.3 is 0 Å². The standard InChI is InChI=1S/C15H10FNOS/c16-12-6-2-1-5-11(12)15(18)17-9-10-19-14-8-4-3-7-13(14)17/h1-10H. The molecule has 3 rings (SSSR count). The van der Waals surface area contributed by atoms with E-state index < -0.39 is 5.82 Å². The van der Waals surface area contributed by atoms with Crippen molar-refractivity contribution in [3.05, 3.63) is 71.5 Å². The molecule has 0 spiro atoms. The SMILES string of the molecule is O=C(c1ccccc1F)N1C=CSc2ccccc21. The number of hydrogen-bond donors (Lipinski definition) is 0. The average molecular weight is 271 g/mol. The van der Waals surface area contributed by atoms with E-state index >= 15 is 0 Å². The third-order valence-electron chi connectivity index (χ3n) is 2.85. The van der Waals surface area contributed by atoms with Crippen LogP contribution in [0, 0.1) is 5.82 Å². The van der Waals surface area contributed by atoms with Gasteiger partial charge in [-0.05, 0) is 29.7 Å². The molecule has 94 valence electrons. The van der Waals surface area contributed by atoms with Gasteiger partial charge in [0.25, 0.3) is 5.91 Å². The van der Waals surface area contributed by atoms with E-state index in [0.29, 0.717) is 0 Å².